The number of aromatic nitrogens is 1. The van der Waals surface area contributed by atoms with E-state index in [1.165, 1.54) is 17.0 Å². The van der Waals surface area contributed by atoms with E-state index in [1.54, 1.807) is 50.5 Å². The van der Waals surface area contributed by atoms with Gasteiger partial charge in [-0.25, -0.2) is 18.4 Å². The molecule has 0 spiro atoms. The largest absolute Gasteiger partial charge is 0.461 e. The molecule has 2 aliphatic rings. The third-order valence-corrected chi connectivity index (χ3v) is 9.40. The summed E-state index contributed by atoms with van der Waals surface area (Å²) >= 11 is 0. The fraction of sp³-hybridized carbons (Fsp3) is 0.500. The Morgan fingerprint density at radius 2 is 1.69 bits per heavy atom. The van der Waals surface area contributed by atoms with Gasteiger partial charge in [0.05, 0.1) is 18.2 Å². The molecule has 2 aromatic carbocycles. The number of fused-ring (bicyclic) bond motifs is 1. The summed E-state index contributed by atoms with van der Waals surface area (Å²) in [6, 6.07) is 13.0. The Kier molecular flexibility index (Phi) is 10.4. The molecule has 0 radical (unpaired) electrons. The molecular weight excluding hydrogens is 622 g/mol. The van der Waals surface area contributed by atoms with Crippen molar-refractivity contribution in [1.29, 1.82) is 0 Å². The van der Waals surface area contributed by atoms with Crippen LogP contribution in [0.1, 0.15) is 87.9 Å². The molecule has 1 aliphatic heterocycles. The fourth-order valence-electron chi connectivity index (χ4n) is 7.31. The third-order valence-electron chi connectivity index (χ3n) is 9.40. The van der Waals surface area contributed by atoms with Crippen LogP contribution in [0.4, 0.5) is 13.6 Å². The third kappa shape index (κ3) is 7.32. The summed E-state index contributed by atoms with van der Waals surface area (Å²) in [6.45, 7) is 6.25. The molecule has 1 saturated carbocycles. The highest BCUT2D eigenvalue weighted by molar-refractivity contribution is 5.96. The molecule has 4 atom stereocenters. The lowest BCUT2D eigenvalue weighted by Crippen LogP contribution is -2.51. The van der Waals surface area contributed by atoms with Crippen LogP contribution in [-0.4, -0.2) is 64.3 Å². The number of carbonyl (C=O) groups is 4. The molecule has 258 valence electrons. The predicted octanol–water partition coefficient (Wildman–Crippen LogP) is 5.99. The van der Waals surface area contributed by atoms with Gasteiger partial charge in [0.1, 0.15) is 36.0 Å². The lowest BCUT2D eigenvalue weighted by atomic mass is 9.78. The first kappa shape index (κ1) is 34.8. The number of likely N-dealkylation sites (tertiary alicyclic amines) is 1. The Morgan fingerprint density at radius 1 is 1.02 bits per heavy atom. The van der Waals surface area contributed by atoms with Crippen LogP contribution in [0.2, 0.25) is 0 Å². The number of primary amides is 1. The standard InChI is InChI=1S/C36H44F2N4O6/c1-5-47-34(45)29-18-24-8-6-7-9-28(24)41(29)30-19-26(21-14-16-25(38)17-15-21)31(32(39)43)42(30)33(44)23-12-10-22(11-13-23)27(20-37)40-35(46)48-36(2,3)4/h6-9,14-18,22-23,26-27,30-31H,5,10-13,19-20H2,1-4H3,(H2,39,43)(H,40,46)/t22-,23-,26-,27?,30?,31-/m0/s1. The number of amides is 3. The molecule has 3 N–H and O–H groups in total. The van der Waals surface area contributed by atoms with E-state index in [2.05, 4.69) is 5.32 Å². The molecule has 0 bridgehead atoms. The van der Waals surface area contributed by atoms with E-state index in [9.17, 15) is 28.0 Å². The molecule has 3 aromatic rings. The molecule has 2 unspecified atom stereocenters. The summed E-state index contributed by atoms with van der Waals surface area (Å²) < 4.78 is 40.6. The molecule has 10 nitrogen and oxygen atoms in total. The number of nitrogens with two attached hydrogens (primary N) is 1. The van der Waals surface area contributed by atoms with E-state index in [0.717, 1.165) is 5.39 Å². The number of halogens is 2. The molecule has 2 fully saturated rings. The lowest BCUT2D eigenvalue weighted by Gasteiger charge is -2.38. The van der Waals surface area contributed by atoms with Crippen molar-refractivity contribution in [2.75, 3.05) is 13.3 Å². The van der Waals surface area contributed by atoms with Crippen LogP contribution in [0.5, 0.6) is 0 Å². The molecule has 1 aromatic heterocycles. The number of hydrogen-bond donors (Lipinski definition) is 2. The Morgan fingerprint density at radius 3 is 2.29 bits per heavy atom. The van der Waals surface area contributed by atoms with Gasteiger partial charge in [-0.3, -0.25) is 9.59 Å². The molecular formula is C36H44F2N4O6. The van der Waals surface area contributed by atoms with Gasteiger partial charge in [0, 0.05) is 17.2 Å². The summed E-state index contributed by atoms with van der Waals surface area (Å²) in [5.41, 5.74) is 6.86. The minimum atomic E-state index is -1.09. The Hall–Kier alpha value is -4.48. The van der Waals surface area contributed by atoms with Crippen molar-refractivity contribution in [1.82, 2.24) is 14.8 Å². The molecule has 5 rings (SSSR count). The summed E-state index contributed by atoms with van der Waals surface area (Å²) in [5.74, 6) is -3.37. The van der Waals surface area contributed by atoms with Gasteiger partial charge in [-0.2, -0.15) is 0 Å². The van der Waals surface area contributed by atoms with Crippen LogP contribution in [0, 0.1) is 17.7 Å². The molecule has 3 amide bonds. The van der Waals surface area contributed by atoms with Gasteiger partial charge >= 0.3 is 12.1 Å². The maximum absolute atomic E-state index is 14.6. The molecule has 12 heteroatoms. The number of carbonyl (C=O) groups excluding carboxylic acids is 4. The zero-order valence-electron chi connectivity index (χ0n) is 27.8. The quantitative estimate of drug-likeness (QED) is 0.270. The lowest BCUT2D eigenvalue weighted by molar-refractivity contribution is -0.146. The summed E-state index contributed by atoms with van der Waals surface area (Å²) in [4.78, 5) is 55.1. The zero-order valence-corrected chi connectivity index (χ0v) is 27.8. The molecule has 1 saturated heterocycles. The number of alkyl halides is 1. The number of esters is 1. The normalized spacial score (nSPS) is 23.5. The van der Waals surface area contributed by atoms with Crippen molar-refractivity contribution < 1.29 is 37.4 Å². The zero-order chi connectivity index (χ0) is 34.7. The van der Waals surface area contributed by atoms with Crippen LogP contribution in [0.3, 0.4) is 0 Å². The van der Waals surface area contributed by atoms with Crippen LogP contribution in [0.25, 0.3) is 10.9 Å². The second-order valence-corrected chi connectivity index (χ2v) is 13.7. The van der Waals surface area contributed by atoms with Crippen molar-refractivity contribution in [2.24, 2.45) is 17.6 Å². The first-order valence-corrected chi connectivity index (χ1v) is 16.5. The van der Waals surface area contributed by atoms with Gasteiger partial charge in [-0.1, -0.05) is 30.3 Å². The van der Waals surface area contributed by atoms with Gasteiger partial charge < -0.3 is 30.0 Å². The van der Waals surface area contributed by atoms with Crippen LogP contribution in [0.15, 0.2) is 54.6 Å². The summed E-state index contributed by atoms with van der Waals surface area (Å²) in [7, 11) is 0. The van der Waals surface area contributed by atoms with E-state index < -0.39 is 66.1 Å². The van der Waals surface area contributed by atoms with E-state index in [4.69, 9.17) is 15.2 Å². The van der Waals surface area contributed by atoms with E-state index in [-0.39, 0.29) is 30.5 Å². The SMILES string of the molecule is CCOC(=O)c1cc2ccccc2n1C1C[C@@H](c2ccc(F)cc2)[C@@H](C(N)=O)N1C(=O)[C@H]1CC[C@H](C(CF)NC(=O)OC(C)(C)C)CC1. The van der Waals surface area contributed by atoms with Crippen molar-refractivity contribution in [3.63, 3.8) is 0 Å². The first-order valence-electron chi connectivity index (χ1n) is 16.5. The van der Waals surface area contributed by atoms with Crippen molar-refractivity contribution in [3.05, 3.63) is 71.7 Å². The van der Waals surface area contributed by atoms with Gasteiger partial charge in [-0.15, -0.1) is 0 Å². The Labute approximate surface area is 278 Å². The number of hydrogen-bond acceptors (Lipinski definition) is 6. The second-order valence-electron chi connectivity index (χ2n) is 13.7. The van der Waals surface area contributed by atoms with Gasteiger partial charge in [0.15, 0.2) is 0 Å². The number of rotatable bonds is 9. The number of alkyl carbamates (subject to hydrolysis) is 1. The smallest absolute Gasteiger partial charge is 0.407 e. The predicted molar refractivity (Wildman–Crippen MR) is 175 cm³/mol. The highest BCUT2D eigenvalue weighted by Crippen LogP contribution is 2.47. The van der Waals surface area contributed by atoms with Crippen molar-refractivity contribution >= 4 is 34.8 Å². The van der Waals surface area contributed by atoms with Crippen molar-refractivity contribution in [3.8, 4) is 0 Å². The van der Waals surface area contributed by atoms with Gasteiger partial charge in [-0.05, 0) is 95.5 Å². The van der Waals surface area contributed by atoms with Crippen LogP contribution >= 0.6 is 0 Å². The summed E-state index contributed by atoms with van der Waals surface area (Å²) in [5, 5.41) is 3.40. The van der Waals surface area contributed by atoms with Crippen LogP contribution < -0.4 is 11.1 Å². The van der Waals surface area contributed by atoms with Gasteiger partial charge in [0.2, 0.25) is 11.8 Å². The van der Waals surface area contributed by atoms with E-state index >= 15 is 0 Å². The number of benzene rings is 2. The minimum absolute atomic E-state index is 0.141. The summed E-state index contributed by atoms with van der Waals surface area (Å²) in [6.07, 6.45) is 0.442. The Balaban J connectivity index is 1.49. The van der Waals surface area contributed by atoms with E-state index in [0.29, 0.717) is 36.8 Å². The van der Waals surface area contributed by atoms with Gasteiger partial charge in [0.25, 0.3) is 0 Å². The molecule has 1 aliphatic carbocycles. The Bertz CT molecular complexity index is 1640. The highest BCUT2D eigenvalue weighted by atomic mass is 19.1. The second kappa shape index (κ2) is 14.3. The fourth-order valence-corrected chi connectivity index (χ4v) is 7.31. The highest BCUT2D eigenvalue weighted by Gasteiger charge is 2.51. The maximum atomic E-state index is 14.6. The molecule has 2 heterocycles. The average Bonchev–Trinajstić information content (AvgIpc) is 3.62. The topological polar surface area (TPSA) is 133 Å². The monoisotopic (exact) mass is 666 g/mol. The minimum Gasteiger partial charge on any atom is -0.461 e. The number of para-hydroxylation sites is 1. The van der Waals surface area contributed by atoms with E-state index in [1.807, 2.05) is 24.3 Å². The van der Waals surface area contributed by atoms with Crippen molar-refractivity contribution in [2.45, 2.75) is 89.6 Å². The average molecular weight is 667 g/mol. The van der Waals surface area contributed by atoms with Crippen LogP contribution in [-0.2, 0) is 19.1 Å². The number of ether oxygens (including phenoxy) is 2. The number of nitrogens with zero attached hydrogens (tertiary/aromatic N) is 2. The first-order chi connectivity index (χ1) is 22.8. The maximum Gasteiger partial charge on any atom is 0.407 e. The molecule has 48 heavy (non-hydrogen) atoms. The number of nitrogens with one attached hydrogen (secondary N) is 1.